The van der Waals surface area contributed by atoms with Crippen LogP contribution in [0.4, 0.5) is 0 Å². The first-order valence-electron chi connectivity index (χ1n) is 10.4. The van der Waals surface area contributed by atoms with Crippen LogP contribution in [0.25, 0.3) is 0 Å². The highest BCUT2D eigenvalue weighted by Crippen LogP contribution is 2.33. The van der Waals surface area contributed by atoms with Crippen LogP contribution in [-0.4, -0.2) is 29.6 Å². The molecule has 0 spiro atoms. The maximum atomic E-state index is 12.8. The van der Waals surface area contributed by atoms with E-state index >= 15 is 0 Å². The van der Waals surface area contributed by atoms with E-state index in [2.05, 4.69) is 29.6 Å². The SMILES string of the molecule is COC(=O)[C@@H](NC(=O)Cc1ccccc1)C(SCc1ccccc1)SCc1ccccc1. The van der Waals surface area contributed by atoms with Crippen LogP contribution in [-0.2, 0) is 32.3 Å². The summed E-state index contributed by atoms with van der Waals surface area (Å²) in [6.07, 6.45) is 0.216. The van der Waals surface area contributed by atoms with Gasteiger partial charge in [0.15, 0.2) is 0 Å². The average molecular weight is 466 g/mol. The molecule has 0 bridgehead atoms. The van der Waals surface area contributed by atoms with Gasteiger partial charge in [-0.25, -0.2) is 4.79 Å². The number of benzene rings is 3. The van der Waals surface area contributed by atoms with Crippen molar-refractivity contribution in [2.45, 2.75) is 28.6 Å². The molecule has 32 heavy (non-hydrogen) atoms. The molecule has 0 aromatic heterocycles. The lowest BCUT2D eigenvalue weighted by molar-refractivity contribution is -0.144. The molecule has 166 valence electrons. The van der Waals surface area contributed by atoms with E-state index in [0.29, 0.717) is 0 Å². The molecule has 1 N–H and O–H groups in total. The van der Waals surface area contributed by atoms with E-state index in [4.69, 9.17) is 4.74 Å². The molecular formula is C26H27NO3S2. The van der Waals surface area contributed by atoms with E-state index in [1.165, 1.54) is 18.2 Å². The van der Waals surface area contributed by atoms with Crippen molar-refractivity contribution < 1.29 is 14.3 Å². The summed E-state index contributed by atoms with van der Waals surface area (Å²) < 4.78 is 4.86. The van der Waals surface area contributed by atoms with Gasteiger partial charge < -0.3 is 10.1 Å². The topological polar surface area (TPSA) is 55.4 Å². The number of amides is 1. The van der Waals surface area contributed by atoms with Crippen molar-refractivity contribution in [1.29, 1.82) is 0 Å². The minimum absolute atomic E-state index is 0.197. The number of hydrogen-bond acceptors (Lipinski definition) is 5. The van der Waals surface area contributed by atoms with Crippen molar-refractivity contribution in [3.8, 4) is 0 Å². The molecule has 0 heterocycles. The molecule has 0 aliphatic rings. The van der Waals surface area contributed by atoms with Crippen LogP contribution in [0.15, 0.2) is 91.0 Å². The van der Waals surface area contributed by atoms with Crippen molar-refractivity contribution >= 4 is 35.4 Å². The summed E-state index contributed by atoms with van der Waals surface area (Å²) >= 11 is 3.28. The Balaban J connectivity index is 1.73. The molecule has 6 heteroatoms. The normalized spacial score (nSPS) is 11.7. The van der Waals surface area contributed by atoms with Gasteiger partial charge in [0.1, 0.15) is 6.04 Å². The van der Waals surface area contributed by atoms with E-state index < -0.39 is 12.0 Å². The number of carbonyl (C=O) groups excluding carboxylic acids is 2. The molecule has 0 aliphatic carbocycles. The van der Waals surface area contributed by atoms with Gasteiger partial charge in [0, 0.05) is 11.5 Å². The van der Waals surface area contributed by atoms with E-state index in [0.717, 1.165) is 17.1 Å². The third-order valence-electron chi connectivity index (χ3n) is 4.77. The van der Waals surface area contributed by atoms with Gasteiger partial charge in [-0.1, -0.05) is 91.0 Å². The number of hydrogen-bond donors (Lipinski definition) is 1. The first kappa shape index (κ1) is 24.0. The Kier molecular flexibility index (Phi) is 9.72. The zero-order valence-electron chi connectivity index (χ0n) is 18.0. The maximum absolute atomic E-state index is 12.8. The van der Waals surface area contributed by atoms with Crippen molar-refractivity contribution in [3.63, 3.8) is 0 Å². The molecule has 3 aromatic carbocycles. The summed E-state index contributed by atoms with van der Waals surface area (Å²) in [5.74, 6) is 0.833. The molecule has 3 aromatic rings. The highest BCUT2D eigenvalue weighted by atomic mass is 32.2. The summed E-state index contributed by atoms with van der Waals surface area (Å²) in [4.78, 5) is 25.5. The predicted octanol–water partition coefficient (Wildman–Crippen LogP) is 5.08. The van der Waals surface area contributed by atoms with Crippen LogP contribution in [0.1, 0.15) is 16.7 Å². The van der Waals surface area contributed by atoms with Crippen LogP contribution < -0.4 is 5.32 Å². The summed E-state index contributed by atoms with van der Waals surface area (Å²) in [6.45, 7) is 0. The largest absolute Gasteiger partial charge is 0.467 e. The maximum Gasteiger partial charge on any atom is 0.330 e. The molecule has 0 saturated carbocycles. The van der Waals surface area contributed by atoms with Gasteiger partial charge in [0.25, 0.3) is 0 Å². The summed E-state index contributed by atoms with van der Waals surface area (Å²) in [5, 5.41) is 2.93. The first-order valence-corrected chi connectivity index (χ1v) is 12.5. The monoisotopic (exact) mass is 465 g/mol. The number of methoxy groups -OCH3 is 1. The first-order chi connectivity index (χ1) is 15.7. The van der Waals surface area contributed by atoms with Gasteiger partial charge in [-0.3, -0.25) is 4.79 Å². The number of nitrogens with one attached hydrogen (secondary N) is 1. The minimum Gasteiger partial charge on any atom is -0.467 e. The number of rotatable bonds is 11. The van der Waals surface area contributed by atoms with E-state index in [1.807, 2.05) is 66.7 Å². The Morgan fingerprint density at radius 2 is 1.19 bits per heavy atom. The molecule has 0 saturated heterocycles. The van der Waals surface area contributed by atoms with Gasteiger partial charge in [-0.05, 0) is 16.7 Å². The lowest BCUT2D eigenvalue weighted by Crippen LogP contribution is -2.47. The van der Waals surface area contributed by atoms with Gasteiger partial charge in [-0.15, -0.1) is 23.5 Å². The van der Waals surface area contributed by atoms with Crippen molar-refractivity contribution in [1.82, 2.24) is 5.32 Å². The van der Waals surface area contributed by atoms with Crippen LogP contribution in [0.2, 0.25) is 0 Å². The van der Waals surface area contributed by atoms with Crippen LogP contribution in [0.3, 0.4) is 0 Å². The molecule has 3 rings (SSSR count). The Hall–Kier alpha value is -2.70. The zero-order valence-corrected chi connectivity index (χ0v) is 19.6. The van der Waals surface area contributed by atoms with Gasteiger partial charge in [0.2, 0.25) is 5.91 Å². The molecule has 1 amide bonds. The lowest BCUT2D eigenvalue weighted by Gasteiger charge is -2.25. The molecule has 0 unspecified atom stereocenters. The molecule has 0 aliphatic heterocycles. The number of thioether (sulfide) groups is 2. The Labute approximate surface area is 198 Å². The molecule has 0 radical (unpaired) electrons. The number of esters is 1. The van der Waals surface area contributed by atoms with E-state index in [1.54, 1.807) is 23.5 Å². The summed E-state index contributed by atoms with van der Waals surface area (Å²) in [6, 6.07) is 29.0. The summed E-state index contributed by atoms with van der Waals surface area (Å²) in [7, 11) is 1.36. The smallest absolute Gasteiger partial charge is 0.330 e. The van der Waals surface area contributed by atoms with Crippen molar-refractivity contribution in [2.24, 2.45) is 0 Å². The highest BCUT2D eigenvalue weighted by Gasteiger charge is 2.31. The third-order valence-corrected chi connectivity index (χ3v) is 7.78. The van der Waals surface area contributed by atoms with Gasteiger partial charge in [-0.2, -0.15) is 0 Å². The van der Waals surface area contributed by atoms with E-state index in [9.17, 15) is 9.59 Å². The third kappa shape index (κ3) is 7.77. The lowest BCUT2D eigenvalue weighted by atomic mass is 10.1. The van der Waals surface area contributed by atoms with Gasteiger partial charge in [0.05, 0.1) is 18.1 Å². The fourth-order valence-corrected chi connectivity index (χ4v) is 5.75. The zero-order chi connectivity index (χ0) is 22.6. The van der Waals surface area contributed by atoms with Crippen LogP contribution in [0, 0.1) is 0 Å². The fourth-order valence-electron chi connectivity index (χ4n) is 3.12. The second-order valence-corrected chi connectivity index (χ2v) is 9.75. The molecular weight excluding hydrogens is 438 g/mol. The molecule has 4 nitrogen and oxygen atoms in total. The van der Waals surface area contributed by atoms with Crippen LogP contribution in [0.5, 0.6) is 0 Å². The molecule has 1 atom stereocenters. The second kappa shape index (κ2) is 13.0. The van der Waals surface area contributed by atoms with Gasteiger partial charge >= 0.3 is 5.97 Å². The van der Waals surface area contributed by atoms with Crippen molar-refractivity contribution in [3.05, 3.63) is 108 Å². The number of ether oxygens (including phenoxy) is 1. The Bertz CT molecular complexity index is 925. The predicted molar refractivity (Wildman–Crippen MR) is 133 cm³/mol. The second-order valence-electron chi connectivity index (χ2n) is 7.19. The standard InChI is InChI=1S/C26H27NO3S2/c1-30-25(29)24(27-23(28)17-20-11-5-2-6-12-20)26(31-18-21-13-7-3-8-14-21)32-19-22-15-9-4-10-16-22/h2-16,24,26H,17-19H2,1H3,(H,27,28)/t24-/m1/s1. The molecule has 0 fully saturated rings. The van der Waals surface area contributed by atoms with Crippen LogP contribution >= 0.6 is 23.5 Å². The van der Waals surface area contributed by atoms with E-state index in [-0.39, 0.29) is 16.9 Å². The minimum atomic E-state index is -0.751. The highest BCUT2D eigenvalue weighted by molar-refractivity contribution is 8.16. The number of carbonyl (C=O) groups is 2. The Morgan fingerprint density at radius 3 is 1.62 bits per heavy atom. The summed E-state index contributed by atoms with van der Waals surface area (Å²) in [5.41, 5.74) is 3.24. The quantitative estimate of drug-likeness (QED) is 0.316. The Morgan fingerprint density at radius 1 is 0.750 bits per heavy atom. The fraction of sp³-hybridized carbons (Fsp3) is 0.231. The van der Waals surface area contributed by atoms with Crippen molar-refractivity contribution in [2.75, 3.05) is 7.11 Å². The average Bonchev–Trinajstić information content (AvgIpc) is 2.84.